The number of carbonyl (C=O) groups excluding carboxylic acids is 1. The molecule has 3 fully saturated rings. The summed E-state index contributed by atoms with van der Waals surface area (Å²) < 4.78 is 2.33. The maximum absolute atomic E-state index is 12.6. The van der Waals surface area contributed by atoms with Crippen LogP contribution in [0, 0.1) is 5.92 Å². The lowest BCUT2D eigenvalue weighted by Gasteiger charge is -2.33. The average Bonchev–Trinajstić information content (AvgIpc) is 3.51. The summed E-state index contributed by atoms with van der Waals surface area (Å²) in [5.41, 5.74) is 0. The SMILES string of the molecule is CC1CCC(N(C)C(=O)CSc2nnc(C3CC3)n2C2CC2)CC1. The number of rotatable bonds is 6. The van der Waals surface area contributed by atoms with Crippen molar-refractivity contribution in [2.75, 3.05) is 12.8 Å². The number of aromatic nitrogens is 3. The van der Waals surface area contributed by atoms with Gasteiger partial charge in [-0.05, 0) is 57.3 Å². The Hall–Kier alpha value is -1.04. The molecule has 6 heteroatoms. The number of amides is 1. The molecule has 24 heavy (non-hydrogen) atoms. The van der Waals surface area contributed by atoms with Crippen LogP contribution >= 0.6 is 11.8 Å². The Morgan fingerprint density at radius 3 is 2.46 bits per heavy atom. The minimum atomic E-state index is 0.234. The van der Waals surface area contributed by atoms with Crippen LogP contribution in [0.3, 0.4) is 0 Å². The van der Waals surface area contributed by atoms with Crippen molar-refractivity contribution in [1.82, 2.24) is 19.7 Å². The second-order valence-corrected chi connectivity index (χ2v) is 8.87. The van der Waals surface area contributed by atoms with Crippen molar-refractivity contribution < 1.29 is 4.79 Å². The van der Waals surface area contributed by atoms with Crippen molar-refractivity contribution in [1.29, 1.82) is 0 Å². The van der Waals surface area contributed by atoms with E-state index in [1.54, 1.807) is 11.8 Å². The van der Waals surface area contributed by atoms with Crippen molar-refractivity contribution in [3.05, 3.63) is 5.82 Å². The van der Waals surface area contributed by atoms with Gasteiger partial charge in [-0.2, -0.15) is 0 Å². The number of carbonyl (C=O) groups is 1. The summed E-state index contributed by atoms with van der Waals surface area (Å²) in [4.78, 5) is 14.6. The number of hydrogen-bond donors (Lipinski definition) is 0. The highest BCUT2D eigenvalue weighted by Crippen LogP contribution is 2.46. The van der Waals surface area contributed by atoms with Gasteiger partial charge in [0.1, 0.15) is 5.82 Å². The van der Waals surface area contributed by atoms with Gasteiger partial charge in [-0.1, -0.05) is 18.7 Å². The first-order chi connectivity index (χ1) is 11.6. The van der Waals surface area contributed by atoms with E-state index in [1.807, 2.05) is 11.9 Å². The minimum Gasteiger partial charge on any atom is -0.342 e. The zero-order valence-corrected chi connectivity index (χ0v) is 15.6. The lowest BCUT2D eigenvalue weighted by atomic mass is 9.87. The molecule has 4 rings (SSSR count). The molecule has 0 spiro atoms. The van der Waals surface area contributed by atoms with Crippen LogP contribution < -0.4 is 0 Å². The summed E-state index contributed by atoms with van der Waals surface area (Å²) in [6.45, 7) is 2.32. The van der Waals surface area contributed by atoms with E-state index in [-0.39, 0.29) is 5.91 Å². The Bertz CT molecular complexity index is 600. The lowest BCUT2D eigenvalue weighted by molar-refractivity contribution is -0.129. The molecular weight excluding hydrogens is 320 g/mol. The molecule has 0 N–H and O–H groups in total. The zero-order valence-electron chi connectivity index (χ0n) is 14.8. The predicted molar refractivity (Wildman–Crippen MR) is 95.2 cm³/mol. The van der Waals surface area contributed by atoms with Gasteiger partial charge < -0.3 is 9.47 Å². The largest absolute Gasteiger partial charge is 0.342 e. The standard InChI is InChI=1S/C18H28N4OS/c1-12-3-7-14(8-4-12)21(2)16(23)11-24-18-20-19-17(13-5-6-13)22(18)15-9-10-15/h12-15H,3-11H2,1-2H3. The minimum absolute atomic E-state index is 0.234. The number of hydrogen-bond acceptors (Lipinski definition) is 4. The summed E-state index contributed by atoms with van der Waals surface area (Å²) in [6, 6.07) is 1.02. The van der Waals surface area contributed by atoms with Crippen LogP contribution in [-0.4, -0.2) is 44.4 Å². The topological polar surface area (TPSA) is 51.0 Å². The molecule has 0 radical (unpaired) electrons. The second-order valence-electron chi connectivity index (χ2n) is 7.92. The molecule has 0 bridgehead atoms. The van der Waals surface area contributed by atoms with E-state index < -0.39 is 0 Å². The molecule has 3 saturated carbocycles. The molecule has 1 aromatic heterocycles. The highest BCUT2D eigenvalue weighted by atomic mass is 32.2. The highest BCUT2D eigenvalue weighted by molar-refractivity contribution is 7.99. The first kappa shape index (κ1) is 16.4. The van der Waals surface area contributed by atoms with E-state index in [1.165, 1.54) is 44.3 Å². The quantitative estimate of drug-likeness (QED) is 0.737. The fraction of sp³-hybridized carbons (Fsp3) is 0.833. The molecule has 132 valence electrons. The van der Waals surface area contributed by atoms with Crippen LogP contribution in [0.2, 0.25) is 0 Å². The maximum Gasteiger partial charge on any atom is 0.233 e. The van der Waals surface area contributed by atoms with Crippen LogP contribution in [0.4, 0.5) is 0 Å². The fourth-order valence-corrected chi connectivity index (χ4v) is 4.68. The van der Waals surface area contributed by atoms with Crippen molar-refractivity contribution >= 4 is 17.7 Å². The van der Waals surface area contributed by atoms with Crippen molar-refractivity contribution in [2.45, 2.75) is 81.4 Å². The molecule has 0 saturated heterocycles. The fourth-order valence-electron chi connectivity index (χ4n) is 3.74. The van der Waals surface area contributed by atoms with Crippen LogP contribution in [0.5, 0.6) is 0 Å². The van der Waals surface area contributed by atoms with Gasteiger partial charge in [-0.3, -0.25) is 4.79 Å². The summed E-state index contributed by atoms with van der Waals surface area (Å²) in [6.07, 6.45) is 9.76. The molecule has 0 aliphatic heterocycles. The maximum atomic E-state index is 12.6. The van der Waals surface area contributed by atoms with Crippen LogP contribution in [-0.2, 0) is 4.79 Å². The van der Waals surface area contributed by atoms with Crippen LogP contribution in [0.15, 0.2) is 5.16 Å². The van der Waals surface area contributed by atoms with Crippen molar-refractivity contribution in [3.63, 3.8) is 0 Å². The smallest absolute Gasteiger partial charge is 0.233 e. The third-order valence-electron chi connectivity index (χ3n) is 5.80. The predicted octanol–water partition coefficient (Wildman–Crippen LogP) is 3.62. The molecule has 1 amide bonds. The number of thioether (sulfide) groups is 1. The third-order valence-corrected chi connectivity index (χ3v) is 6.72. The normalized spacial score (nSPS) is 27.2. The Kier molecular flexibility index (Phi) is 4.58. The van der Waals surface area contributed by atoms with Crippen molar-refractivity contribution in [2.24, 2.45) is 5.92 Å². The molecule has 3 aliphatic carbocycles. The lowest BCUT2D eigenvalue weighted by Crippen LogP contribution is -2.40. The van der Waals surface area contributed by atoms with Crippen LogP contribution in [0.1, 0.15) is 76.1 Å². The van der Waals surface area contributed by atoms with Crippen LogP contribution in [0.25, 0.3) is 0 Å². The Balaban J connectivity index is 1.35. The molecule has 0 unspecified atom stereocenters. The molecule has 5 nitrogen and oxygen atoms in total. The summed E-state index contributed by atoms with van der Waals surface area (Å²) in [5, 5.41) is 9.78. The van der Waals surface area contributed by atoms with E-state index in [2.05, 4.69) is 21.7 Å². The summed E-state index contributed by atoms with van der Waals surface area (Å²) in [5.74, 6) is 3.32. The van der Waals surface area contributed by atoms with Gasteiger partial charge >= 0.3 is 0 Å². The Labute approximate surface area is 148 Å². The van der Waals surface area contributed by atoms with Crippen molar-refractivity contribution in [3.8, 4) is 0 Å². The summed E-state index contributed by atoms with van der Waals surface area (Å²) >= 11 is 1.58. The van der Waals surface area contributed by atoms with Gasteiger partial charge in [0.2, 0.25) is 5.91 Å². The Morgan fingerprint density at radius 2 is 1.83 bits per heavy atom. The highest BCUT2D eigenvalue weighted by Gasteiger charge is 2.36. The molecule has 1 aromatic rings. The van der Waals surface area contributed by atoms with Gasteiger partial charge in [0.05, 0.1) is 5.75 Å². The van der Waals surface area contributed by atoms with Gasteiger partial charge in [-0.25, -0.2) is 0 Å². The third kappa shape index (κ3) is 3.48. The van der Waals surface area contributed by atoms with Gasteiger partial charge in [0, 0.05) is 25.0 Å². The molecular formula is C18H28N4OS. The van der Waals surface area contributed by atoms with Gasteiger partial charge in [-0.15, -0.1) is 10.2 Å². The van der Waals surface area contributed by atoms with E-state index in [0.29, 0.717) is 23.8 Å². The van der Waals surface area contributed by atoms with E-state index in [9.17, 15) is 4.79 Å². The van der Waals surface area contributed by atoms with Gasteiger partial charge in [0.25, 0.3) is 0 Å². The average molecular weight is 349 g/mol. The van der Waals surface area contributed by atoms with E-state index in [4.69, 9.17) is 0 Å². The molecule has 1 heterocycles. The monoisotopic (exact) mass is 348 g/mol. The first-order valence-corrected chi connectivity index (χ1v) is 10.4. The second kappa shape index (κ2) is 6.70. The Morgan fingerprint density at radius 1 is 1.12 bits per heavy atom. The molecule has 0 aromatic carbocycles. The number of nitrogens with zero attached hydrogens (tertiary/aromatic N) is 4. The zero-order chi connectivity index (χ0) is 16.7. The molecule has 3 aliphatic rings. The van der Waals surface area contributed by atoms with E-state index in [0.717, 1.165) is 23.9 Å². The van der Waals surface area contributed by atoms with E-state index >= 15 is 0 Å². The summed E-state index contributed by atoms with van der Waals surface area (Å²) in [7, 11) is 1.98. The molecule has 0 atom stereocenters. The first-order valence-electron chi connectivity index (χ1n) is 9.46. The van der Waals surface area contributed by atoms with Gasteiger partial charge in [0.15, 0.2) is 5.16 Å².